The number of anilines is 1. The highest BCUT2D eigenvalue weighted by Crippen LogP contribution is 2.21. The number of aromatic amines is 1. The van der Waals surface area contributed by atoms with Crippen LogP contribution in [0, 0.1) is 0 Å². The standard InChI is InChI=1S/C11H8N8/c12-7-3-6(1-2-13-7)10-17-18-11-8-9(15-4-14-8)16-5-19(10)11/h1-5H,(H2,12,13)(H,14,15). The van der Waals surface area contributed by atoms with Crippen LogP contribution in [0.1, 0.15) is 0 Å². The fourth-order valence-corrected chi connectivity index (χ4v) is 2.02. The van der Waals surface area contributed by atoms with Gasteiger partial charge in [0.2, 0.25) is 0 Å². The maximum absolute atomic E-state index is 5.68. The first kappa shape index (κ1) is 9.95. The van der Waals surface area contributed by atoms with Crippen LogP contribution < -0.4 is 5.73 Å². The average molecular weight is 252 g/mol. The Kier molecular flexibility index (Phi) is 1.82. The molecule has 0 aliphatic rings. The maximum Gasteiger partial charge on any atom is 0.190 e. The van der Waals surface area contributed by atoms with E-state index >= 15 is 0 Å². The average Bonchev–Trinajstić information content (AvgIpc) is 3.04. The van der Waals surface area contributed by atoms with Crippen LogP contribution in [0.5, 0.6) is 0 Å². The van der Waals surface area contributed by atoms with Gasteiger partial charge < -0.3 is 10.7 Å². The quantitative estimate of drug-likeness (QED) is 0.514. The Hall–Kier alpha value is -3.03. The molecule has 8 nitrogen and oxygen atoms in total. The Labute approximate surface area is 106 Å². The van der Waals surface area contributed by atoms with Gasteiger partial charge in [0.25, 0.3) is 0 Å². The van der Waals surface area contributed by atoms with Crippen LogP contribution >= 0.6 is 0 Å². The van der Waals surface area contributed by atoms with Crippen LogP contribution in [0.15, 0.2) is 31.0 Å². The summed E-state index contributed by atoms with van der Waals surface area (Å²) in [6.45, 7) is 0. The molecule has 4 rings (SSSR count). The molecule has 0 aliphatic carbocycles. The van der Waals surface area contributed by atoms with Gasteiger partial charge in [-0.25, -0.2) is 15.0 Å². The van der Waals surface area contributed by atoms with Gasteiger partial charge in [0.1, 0.15) is 17.7 Å². The minimum absolute atomic E-state index is 0.435. The summed E-state index contributed by atoms with van der Waals surface area (Å²) in [5, 5.41) is 8.34. The SMILES string of the molecule is Nc1cc(-c2nnc3c4[nH]cnc4ncn23)ccn1. The zero-order valence-corrected chi connectivity index (χ0v) is 9.65. The molecule has 0 unspecified atom stereocenters. The number of nitrogens with two attached hydrogens (primary N) is 1. The molecule has 0 saturated carbocycles. The van der Waals surface area contributed by atoms with Gasteiger partial charge in [-0.2, -0.15) is 0 Å². The van der Waals surface area contributed by atoms with Crippen molar-refractivity contribution in [2.24, 2.45) is 0 Å². The molecular weight excluding hydrogens is 244 g/mol. The molecule has 0 spiro atoms. The van der Waals surface area contributed by atoms with Crippen LogP contribution in [0.3, 0.4) is 0 Å². The van der Waals surface area contributed by atoms with Gasteiger partial charge in [0.05, 0.1) is 6.33 Å². The molecule has 0 bridgehead atoms. The summed E-state index contributed by atoms with van der Waals surface area (Å²) in [6.07, 6.45) is 4.86. The monoisotopic (exact) mass is 252 g/mol. The summed E-state index contributed by atoms with van der Waals surface area (Å²) in [6, 6.07) is 3.57. The minimum Gasteiger partial charge on any atom is -0.384 e. The second kappa shape index (κ2) is 3.48. The van der Waals surface area contributed by atoms with Crippen LogP contribution in [0.2, 0.25) is 0 Å². The molecule has 0 fully saturated rings. The first-order chi connectivity index (χ1) is 9.33. The summed E-state index contributed by atoms with van der Waals surface area (Å²) in [5.74, 6) is 1.10. The van der Waals surface area contributed by atoms with Crippen molar-refractivity contribution in [1.29, 1.82) is 0 Å². The second-order valence-electron chi connectivity index (χ2n) is 4.03. The first-order valence-corrected chi connectivity index (χ1v) is 5.57. The zero-order chi connectivity index (χ0) is 12.8. The zero-order valence-electron chi connectivity index (χ0n) is 9.65. The van der Waals surface area contributed by atoms with Crippen molar-refractivity contribution in [3.63, 3.8) is 0 Å². The lowest BCUT2D eigenvalue weighted by atomic mass is 10.2. The number of fused-ring (bicyclic) bond motifs is 3. The smallest absolute Gasteiger partial charge is 0.190 e. The van der Waals surface area contributed by atoms with E-state index in [9.17, 15) is 0 Å². The molecule has 0 amide bonds. The lowest BCUT2D eigenvalue weighted by molar-refractivity contribution is 1.09. The van der Waals surface area contributed by atoms with E-state index in [-0.39, 0.29) is 0 Å². The largest absolute Gasteiger partial charge is 0.384 e. The number of aromatic nitrogens is 7. The van der Waals surface area contributed by atoms with Gasteiger partial charge >= 0.3 is 0 Å². The molecule has 92 valence electrons. The highest BCUT2D eigenvalue weighted by atomic mass is 15.3. The highest BCUT2D eigenvalue weighted by Gasteiger charge is 2.12. The lowest BCUT2D eigenvalue weighted by Gasteiger charge is -2.00. The van der Waals surface area contributed by atoms with Crippen LogP contribution in [-0.2, 0) is 0 Å². The Morgan fingerprint density at radius 1 is 1.16 bits per heavy atom. The highest BCUT2D eigenvalue weighted by molar-refractivity contribution is 5.85. The topological polar surface area (TPSA) is 111 Å². The number of pyridine rings is 1. The summed E-state index contributed by atoms with van der Waals surface area (Å²) < 4.78 is 1.79. The van der Waals surface area contributed by atoms with E-state index in [1.54, 1.807) is 29.3 Å². The van der Waals surface area contributed by atoms with E-state index in [1.807, 2.05) is 6.07 Å². The number of nitrogens with one attached hydrogen (secondary N) is 1. The molecule has 4 aromatic heterocycles. The molecule has 0 saturated heterocycles. The molecule has 0 aromatic carbocycles. The van der Waals surface area contributed by atoms with Gasteiger partial charge in [0, 0.05) is 11.8 Å². The molecule has 3 N–H and O–H groups in total. The third-order valence-corrected chi connectivity index (χ3v) is 2.87. The molecule has 4 heterocycles. The normalized spacial score (nSPS) is 11.4. The van der Waals surface area contributed by atoms with Crippen molar-refractivity contribution in [2.45, 2.75) is 0 Å². The second-order valence-corrected chi connectivity index (χ2v) is 4.03. The van der Waals surface area contributed by atoms with Crippen molar-refractivity contribution in [3.05, 3.63) is 31.0 Å². The van der Waals surface area contributed by atoms with E-state index in [1.165, 1.54) is 0 Å². The van der Waals surface area contributed by atoms with Crippen molar-refractivity contribution in [2.75, 3.05) is 5.73 Å². The summed E-state index contributed by atoms with van der Waals surface area (Å²) in [4.78, 5) is 15.3. The molecular formula is C11H8N8. The van der Waals surface area contributed by atoms with Crippen molar-refractivity contribution in [3.8, 4) is 11.4 Å². The Bertz CT molecular complexity index is 890. The van der Waals surface area contributed by atoms with E-state index in [2.05, 4.69) is 30.1 Å². The molecule has 4 aromatic rings. The number of H-pyrrole nitrogens is 1. The third kappa shape index (κ3) is 1.36. The number of nitrogen functional groups attached to an aromatic ring is 1. The predicted molar refractivity (Wildman–Crippen MR) is 68.1 cm³/mol. The fraction of sp³-hybridized carbons (Fsp3) is 0. The number of rotatable bonds is 1. The van der Waals surface area contributed by atoms with E-state index < -0.39 is 0 Å². The number of nitrogens with zero attached hydrogens (tertiary/aromatic N) is 6. The van der Waals surface area contributed by atoms with Crippen LogP contribution in [0.4, 0.5) is 5.82 Å². The fourth-order valence-electron chi connectivity index (χ4n) is 2.02. The molecule has 19 heavy (non-hydrogen) atoms. The lowest BCUT2D eigenvalue weighted by Crippen LogP contribution is -1.94. The third-order valence-electron chi connectivity index (χ3n) is 2.87. The minimum atomic E-state index is 0.435. The van der Waals surface area contributed by atoms with Gasteiger partial charge in [0.15, 0.2) is 17.1 Å². The van der Waals surface area contributed by atoms with Gasteiger partial charge in [-0.1, -0.05) is 0 Å². The number of imidazole rings is 1. The van der Waals surface area contributed by atoms with Gasteiger partial charge in [-0.15, -0.1) is 10.2 Å². The summed E-state index contributed by atoms with van der Waals surface area (Å²) in [5.41, 5.74) is 8.56. The Balaban J connectivity index is 2.05. The van der Waals surface area contributed by atoms with Gasteiger partial charge in [-0.3, -0.25) is 4.40 Å². The molecule has 0 atom stereocenters. The summed E-state index contributed by atoms with van der Waals surface area (Å²) >= 11 is 0. The van der Waals surface area contributed by atoms with Crippen molar-refractivity contribution < 1.29 is 0 Å². The van der Waals surface area contributed by atoms with E-state index in [0.717, 1.165) is 11.1 Å². The van der Waals surface area contributed by atoms with E-state index in [4.69, 9.17) is 5.73 Å². The number of hydrogen-bond donors (Lipinski definition) is 2. The predicted octanol–water partition coefficient (Wildman–Crippen LogP) is 0.645. The first-order valence-electron chi connectivity index (χ1n) is 5.57. The maximum atomic E-state index is 5.68. The summed E-state index contributed by atoms with van der Waals surface area (Å²) in [7, 11) is 0. The van der Waals surface area contributed by atoms with Crippen molar-refractivity contribution in [1.82, 2.24) is 34.5 Å². The Morgan fingerprint density at radius 2 is 2.11 bits per heavy atom. The number of hydrogen-bond acceptors (Lipinski definition) is 6. The van der Waals surface area contributed by atoms with E-state index in [0.29, 0.717) is 22.9 Å². The molecule has 0 radical (unpaired) electrons. The van der Waals surface area contributed by atoms with Crippen LogP contribution in [0.25, 0.3) is 28.2 Å². The van der Waals surface area contributed by atoms with Crippen molar-refractivity contribution >= 4 is 22.6 Å². The Morgan fingerprint density at radius 3 is 3.00 bits per heavy atom. The molecule has 8 heteroatoms. The molecule has 0 aliphatic heterocycles. The van der Waals surface area contributed by atoms with Gasteiger partial charge in [-0.05, 0) is 12.1 Å². The van der Waals surface area contributed by atoms with Crippen LogP contribution in [-0.4, -0.2) is 34.5 Å².